The third-order valence-corrected chi connectivity index (χ3v) is 23.2. The maximum absolute atomic E-state index is 2.59. The fourth-order valence-corrected chi connectivity index (χ4v) is 13.1. The second kappa shape index (κ2) is 4.18. The van der Waals surface area contributed by atoms with Gasteiger partial charge in [-0.05, 0) is 25.0 Å². The Labute approximate surface area is 124 Å². The third kappa shape index (κ3) is 1.71. The van der Waals surface area contributed by atoms with Crippen LogP contribution in [0.5, 0.6) is 0 Å². The minimum atomic E-state index is -1.41. The third-order valence-electron chi connectivity index (χ3n) is 5.55. The molecule has 0 saturated heterocycles. The highest BCUT2D eigenvalue weighted by molar-refractivity contribution is 7.50. The van der Waals surface area contributed by atoms with Gasteiger partial charge in [0, 0.05) is 0 Å². The van der Waals surface area contributed by atoms with Crippen LogP contribution in [-0.4, -0.2) is 15.2 Å². The van der Waals surface area contributed by atoms with Crippen molar-refractivity contribution in [2.75, 3.05) is 0 Å². The van der Waals surface area contributed by atoms with Crippen LogP contribution in [-0.2, 0) is 0 Å². The summed E-state index contributed by atoms with van der Waals surface area (Å²) in [6.45, 7) is 14.8. The molecule has 1 aliphatic heterocycles. The number of fused-ring (bicyclic) bond motifs is 3. The summed E-state index contributed by atoms with van der Waals surface area (Å²) in [5.41, 5.74) is 5.83. The molecule has 2 aromatic carbocycles. The number of benzene rings is 2. The van der Waals surface area contributed by atoms with Gasteiger partial charge in [-0.15, -0.1) is 0 Å². The average molecular weight is 297 g/mol. The van der Waals surface area contributed by atoms with Crippen molar-refractivity contribution >= 4 is 25.6 Å². The lowest BCUT2D eigenvalue weighted by Gasteiger charge is -2.45. The molecule has 2 heteroatoms. The Morgan fingerprint density at radius 1 is 0.600 bits per heavy atom. The molecule has 20 heavy (non-hydrogen) atoms. The van der Waals surface area contributed by atoms with E-state index in [4.69, 9.17) is 0 Å². The zero-order valence-electron chi connectivity index (χ0n) is 13.5. The Bertz CT molecular complexity index is 635. The molecule has 0 fully saturated rings. The molecule has 0 N–H and O–H groups in total. The van der Waals surface area contributed by atoms with E-state index in [9.17, 15) is 0 Å². The predicted octanol–water partition coefficient (Wildman–Crippen LogP) is 3.89. The van der Waals surface area contributed by atoms with Gasteiger partial charge in [0.15, 0.2) is 0 Å². The van der Waals surface area contributed by atoms with Gasteiger partial charge < -0.3 is 0 Å². The van der Waals surface area contributed by atoms with Gasteiger partial charge in [0.05, 0.1) is 15.2 Å². The van der Waals surface area contributed by atoms with Gasteiger partial charge in [0.25, 0.3) is 0 Å². The molecule has 0 nitrogen and oxygen atoms in total. The van der Waals surface area contributed by atoms with E-state index in [1.807, 2.05) is 0 Å². The normalized spacial score (nSPS) is 18.3. The largest absolute Gasteiger partial charge is 0.0800 e. The SMILES string of the molecule is Cc1ccc2c(c1)[Si](C)(C)[Si](C)(C)c1cc(C)ccc1-2. The maximum atomic E-state index is 2.59. The Kier molecular flexibility index (Phi) is 2.90. The van der Waals surface area contributed by atoms with E-state index in [-0.39, 0.29) is 0 Å². The number of hydrogen-bond donors (Lipinski definition) is 0. The lowest BCUT2D eigenvalue weighted by Crippen LogP contribution is -2.72. The standard InChI is InChI=1S/C18H24Si2/c1-13-7-9-15-16-10-8-14(2)12-18(16)20(5,6)19(3,4)17(15)11-13/h7-12H,1-6H3. The molecule has 0 bridgehead atoms. The molecular formula is C18H24Si2. The van der Waals surface area contributed by atoms with Crippen LogP contribution in [0.2, 0.25) is 26.2 Å². The minimum absolute atomic E-state index is 1.41. The minimum Gasteiger partial charge on any atom is -0.0671 e. The second-order valence-corrected chi connectivity index (χ2v) is 22.4. The summed E-state index contributed by atoms with van der Waals surface area (Å²) in [7, 11) is -2.81. The summed E-state index contributed by atoms with van der Waals surface area (Å²) in [5.74, 6) is 0. The molecule has 0 radical (unpaired) electrons. The summed E-state index contributed by atoms with van der Waals surface area (Å²) in [5, 5.41) is 3.37. The molecule has 2 aromatic rings. The zero-order chi connectivity index (χ0) is 14.7. The summed E-state index contributed by atoms with van der Waals surface area (Å²) in [6, 6.07) is 14.2. The number of aryl methyl sites for hydroxylation is 2. The molecule has 0 aliphatic carbocycles. The molecule has 0 atom stereocenters. The van der Waals surface area contributed by atoms with Crippen molar-refractivity contribution < 1.29 is 0 Å². The van der Waals surface area contributed by atoms with E-state index in [0.717, 1.165) is 0 Å². The van der Waals surface area contributed by atoms with Gasteiger partial charge in [-0.2, -0.15) is 0 Å². The van der Waals surface area contributed by atoms with Crippen molar-refractivity contribution in [1.29, 1.82) is 0 Å². The van der Waals surface area contributed by atoms with Crippen molar-refractivity contribution in [2.24, 2.45) is 0 Å². The van der Waals surface area contributed by atoms with Crippen LogP contribution in [0.3, 0.4) is 0 Å². The van der Waals surface area contributed by atoms with Gasteiger partial charge in [0.1, 0.15) is 0 Å². The van der Waals surface area contributed by atoms with Crippen LogP contribution in [0.1, 0.15) is 11.1 Å². The summed E-state index contributed by atoms with van der Waals surface area (Å²) in [6.07, 6.45) is 0. The molecule has 1 aliphatic rings. The average Bonchev–Trinajstić information content (AvgIpc) is 2.37. The molecule has 0 saturated carbocycles. The smallest absolute Gasteiger partial charge is 0.0671 e. The van der Waals surface area contributed by atoms with Crippen LogP contribution in [0.4, 0.5) is 0 Å². The van der Waals surface area contributed by atoms with Gasteiger partial charge >= 0.3 is 0 Å². The molecule has 0 unspecified atom stereocenters. The van der Waals surface area contributed by atoms with Crippen molar-refractivity contribution in [2.45, 2.75) is 40.0 Å². The summed E-state index contributed by atoms with van der Waals surface area (Å²) in [4.78, 5) is 0. The van der Waals surface area contributed by atoms with Crippen molar-refractivity contribution in [3.63, 3.8) is 0 Å². The zero-order valence-corrected chi connectivity index (χ0v) is 15.5. The van der Waals surface area contributed by atoms with Crippen LogP contribution < -0.4 is 10.4 Å². The molecule has 0 spiro atoms. The molecule has 3 rings (SSSR count). The Morgan fingerprint density at radius 3 is 1.30 bits per heavy atom. The summed E-state index contributed by atoms with van der Waals surface area (Å²) < 4.78 is 0. The maximum Gasteiger partial charge on any atom is 0.0800 e. The fourth-order valence-electron chi connectivity index (χ4n) is 3.49. The van der Waals surface area contributed by atoms with Crippen molar-refractivity contribution in [3.8, 4) is 11.1 Å². The van der Waals surface area contributed by atoms with Gasteiger partial charge in [-0.25, -0.2) is 0 Å². The predicted molar refractivity (Wildman–Crippen MR) is 95.6 cm³/mol. The van der Waals surface area contributed by atoms with Crippen LogP contribution in [0, 0.1) is 13.8 Å². The van der Waals surface area contributed by atoms with Crippen LogP contribution in [0.15, 0.2) is 36.4 Å². The Balaban J connectivity index is 2.43. The molecule has 1 heterocycles. The van der Waals surface area contributed by atoms with Gasteiger partial charge in [-0.1, -0.05) is 84.1 Å². The quantitative estimate of drug-likeness (QED) is 0.647. The molecular weight excluding hydrogens is 272 g/mol. The van der Waals surface area contributed by atoms with Crippen molar-refractivity contribution in [1.82, 2.24) is 0 Å². The van der Waals surface area contributed by atoms with E-state index in [1.165, 1.54) is 22.3 Å². The Morgan fingerprint density at radius 2 is 0.950 bits per heavy atom. The first-order valence-corrected chi connectivity index (χ1v) is 14.5. The lowest BCUT2D eigenvalue weighted by molar-refractivity contribution is 1.45. The van der Waals surface area contributed by atoms with E-state index >= 15 is 0 Å². The molecule has 104 valence electrons. The van der Waals surface area contributed by atoms with Gasteiger partial charge in [-0.3, -0.25) is 0 Å². The first kappa shape index (κ1) is 13.8. The fraction of sp³-hybridized carbons (Fsp3) is 0.333. The highest BCUT2D eigenvalue weighted by atomic mass is 29.3. The van der Waals surface area contributed by atoms with E-state index in [0.29, 0.717) is 0 Å². The monoisotopic (exact) mass is 296 g/mol. The van der Waals surface area contributed by atoms with Crippen LogP contribution in [0.25, 0.3) is 11.1 Å². The highest BCUT2D eigenvalue weighted by Crippen LogP contribution is 2.33. The van der Waals surface area contributed by atoms with Gasteiger partial charge in [0.2, 0.25) is 0 Å². The molecule has 0 aromatic heterocycles. The topological polar surface area (TPSA) is 0 Å². The first-order valence-electron chi connectivity index (χ1n) is 7.48. The second-order valence-electron chi connectivity index (χ2n) is 7.35. The van der Waals surface area contributed by atoms with E-state index < -0.39 is 15.2 Å². The summed E-state index contributed by atoms with van der Waals surface area (Å²) >= 11 is 0. The Hall–Kier alpha value is -1.13. The number of hydrogen-bond acceptors (Lipinski definition) is 0. The van der Waals surface area contributed by atoms with E-state index in [2.05, 4.69) is 76.4 Å². The molecule has 0 amide bonds. The van der Waals surface area contributed by atoms with Crippen LogP contribution >= 0.6 is 0 Å². The number of rotatable bonds is 0. The van der Waals surface area contributed by atoms with E-state index in [1.54, 1.807) is 10.4 Å². The lowest BCUT2D eigenvalue weighted by atomic mass is 10.0. The first-order chi connectivity index (χ1) is 9.25. The van der Waals surface area contributed by atoms with Crippen molar-refractivity contribution in [3.05, 3.63) is 47.5 Å². The highest BCUT2D eigenvalue weighted by Gasteiger charge is 2.48.